The first-order valence-electron chi connectivity index (χ1n) is 15.2. The SMILES string of the molecule is CCOc1ccc(NC(=O)[C@@H]2[C@@H]3CCC4(O3)C(C(=O)Nc3ccc5ccccc5c3)N([C@@H](CO)CC(C)C)C(=O)[C@H]24)cc1. The third-order valence-corrected chi connectivity index (χ3v) is 9.09. The molecule has 3 saturated heterocycles. The van der Waals surface area contributed by atoms with E-state index < -0.39 is 35.6 Å². The van der Waals surface area contributed by atoms with Crippen LogP contribution in [0.5, 0.6) is 5.75 Å². The maximum atomic E-state index is 14.3. The van der Waals surface area contributed by atoms with Crippen LogP contribution in [0.3, 0.4) is 0 Å². The van der Waals surface area contributed by atoms with Crippen LogP contribution in [-0.4, -0.2) is 64.7 Å². The molecule has 9 nitrogen and oxygen atoms in total. The van der Waals surface area contributed by atoms with Crippen molar-refractivity contribution >= 4 is 39.9 Å². The number of aliphatic hydroxyl groups is 1. The Balaban J connectivity index is 1.32. The van der Waals surface area contributed by atoms with E-state index in [9.17, 15) is 19.5 Å². The van der Waals surface area contributed by atoms with Gasteiger partial charge in [0, 0.05) is 11.4 Å². The number of anilines is 2. The number of benzene rings is 3. The molecule has 3 heterocycles. The van der Waals surface area contributed by atoms with E-state index in [-0.39, 0.29) is 30.2 Å². The van der Waals surface area contributed by atoms with Crippen LogP contribution < -0.4 is 15.4 Å². The standard InChI is InChI=1S/C34H39N3O6/c1-4-42-26-13-11-23(12-14-26)35-31(39)28-27-15-16-34(43-27)29(28)33(41)37(25(19-38)17-20(2)3)30(34)32(40)36-24-10-9-21-7-5-6-8-22(21)18-24/h5-14,18,20,25,27-30,38H,4,15-17,19H2,1-3H3,(H,35,39)(H,36,40)/t25-,27+,28-,29+,30?,34?/m1/s1. The zero-order chi connectivity index (χ0) is 30.3. The predicted octanol–water partition coefficient (Wildman–Crippen LogP) is 4.60. The highest BCUT2D eigenvalue weighted by molar-refractivity contribution is 6.05. The molecular formula is C34H39N3O6. The predicted molar refractivity (Wildman–Crippen MR) is 164 cm³/mol. The van der Waals surface area contributed by atoms with Gasteiger partial charge >= 0.3 is 0 Å². The van der Waals surface area contributed by atoms with Crippen molar-refractivity contribution in [2.75, 3.05) is 23.8 Å². The topological polar surface area (TPSA) is 117 Å². The largest absolute Gasteiger partial charge is 0.494 e. The number of hydrogen-bond donors (Lipinski definition) is 3. The number of nitrogens with zero attached hydrogens (tertiary/aromatic N) is 1. The van der Waals surface area contributed by atoms with Crippen LogP contribution >= 0.6 is 0 Å². The van der Waals surface area contributed by atoms with E-state index in [4.69, 9.17) is 9.47 Å². The molecule has 6 atom stereocenters. The summed E-state index contributed by atoms with van der Waals surface area (Å²) in [7, 11) is 0. The Kier molecular flexibility index (Phi) is 7.87. The summed E-state index contributed by atoms with van der Waals surface area (Å²) in [4.78, 5) is 43.9. The van der Waals surface area contributed by atoms with E-state index in [1.165, 1.54) is 4.90 Å². The highest BCUT2D eigenvalue weighted by Gasteiger charge is 2.75. The number of fused-ring (bicyclic) bond motifs is 2. The number of amides is 3. The molecule has 3 aliphatic rings. The molecule has 1 spiro atoms. The summed E-state index contributed by atoms with van der Waals surface area (Å²) in [5.74, 6) is -1.72. The molecule has 43 heavy (non-hydrogen) atoms. The van der Waals surface area contributed by atoms with Gasteiger partial charge in [0.2, 0.25) is 17.7 Å². The number of carbonyl (C=O) groups excluding carboxylic acids is 3. The van der Waals surface area contributed by atoms with Crippen molar-refractivity contribution in [3.05, 3.63) is 66.7 Å². The number of ether oxygens (including phenoxy) is 2. The van der Waals surface area contributed by atoms with Gasteiger partial charge < -0.3 is 30.1 Å². The van der Waals surface area contributed by atoms with Crippen molar-refractivity contribution in [1.29, 1.82) is 0 Å². The normalized spacial score (nSPS) is 26.5. The lowest BCUT2D eigenvalue weighted by Crippen LogP contribution is -2.56. The van der Waals surface area contributed by atoms with E-state index in [0.29, 0.717) is 43.0 Å². The van der Waals surface area contributed by atoms with Gasteiger partial charge in [-0.2, -0.15) is 0 Å². The number of nitrogens with one attached hydrogen (secondary N) is 2. The van der Waals surface area contributed by atoms with Gasteiger partial charge in [-0.25, -0.2) is 0 Å². The van der Waals surface area contributed by atoms with Gasteiger partial charge in [-0.05, 0) is 79.3 Å². The molecule has 0 aliphatic carbocycles. The Hall–Kier alpha value is -3.95. The fraction of sp³-hybridized carbons (Fsp3) is 0.441. The summed E-state index contributed by atoms with van der Waals surface area (Å²) in [5, 5.41) is 18.5. The molecule has 3 aromatic rings. The Morgan fingerprint density at radius 1 is 1.02 bits per heavy atom. The number of likely N-dealkylation sites (tertiary alicyclic amines) is 1. The van der Waals surface area contributed by atoms with Crippen LogP contribution in [0, 0.1) is 17.8 Å². The first-order valence-corrected chi connectivity index (χ1v) is 15.2. The number of hydrogen-bond acceptors (Lipinski definition) is 6. The molecule has 2 unspecified atom stereocenters. The van der Waals surface area contributed by atoms with Crippen molar-refractivity contribution in [2.45, 2.75) is 63.8 Å². The maximum absolute atomic E-state index is 14.3. The number of carbonyl (C=O) groups is 3. The minimum atomic E-state index is -1.16. The second kappa shape index (κ2) is 11.6. The Morgan fingerprint density at radius 2 is 1.72 bits per heavy atom. The molecular weight excluding hydrogens is 546 g/mol. The van der Waals surface area contributed by atoms with Gasteiger partial charge in [-0.3, -0.25) is 14.4 Å². The lowest BCUT2D eigenvalue weighted by Gasteiger charge is -2.37. The molecule has 0 aromatic heterocycles. The molecule has 3 aromatic carbocycles. The van der Waals surface area contributed by atoms with E-state index in [0.717, 1.165) is 10.8 Å². The molecule has 226 valence electrons. The first-order chi connectivity index (χ1) is 20.8. The van der Waals surface area contributed by atoms with Crippen molar-refractivity contribution < 1.29 is 29.0 Å². The van der Waals surface area contributed by atoms with E-state index >= 15 is 0 Å². The Bertz CT molecular complexity index is 1520. The van der Waals surface area contributed by atoms with Crippen LogP contribution in [0.15, 0.2) is 66.7 Å². The van der Waals surface area contributed by atoms with Crippen molar-refractivity contribution in [3.8, 4) is 5.75 Å². The average Bonchev–Trinajstić information content (AvgIpc) is 3.64. The number of rotatable bonds is 10. The van der Waals surface area contributed by atoms with E-state index in [1.54, 1.807) is 24.3 Å². The van der Waals surface area contributed by atoms with Gasteiger partial charge in [0.1, 0.15) is 17.4 Å². The second-order valence-corrected chi connectivity index (χ2v) is 12.3. The van der Waals surface area contributed by atoms with Crippen LogP contribution in [0.25, 0.3) is 10.8 Å². The highest BCUT2D eigenvalue weighted by Crippen LogP contribution is 2.59. The summed E-state index contributed by atoms with van der Waals surface area (Å²) in [6.45, 7) is 6.18. The highest BCUT2D eigenvalue weighted by atomic mass is 16.5. The molecule has 3 N–H and O–H groups in total. The van der Waals surface area contributed by atoms with E-state index in [1.807, 2.05) is 63.2 Å². The summed E-state index contributed by atoms with van der Waals surface area (Å²) in [5.41, 5.74) is 0.0392. The first kappa shape index (κ1) is 29.1. The lowest BCUT2D eigenvalue weighted by atomic mass is 9.70. The minimum absolute atomic E-state index is 0.170. The average molecular weight is 586 g/mol. The lowest BCUT2D eigenvalue weighted by molar-refractivity contribution is -0.143. The Labute approximate surface area is 251 Å². The molecule has 3 aliphatic heterocycles. The van der Waals surface area contributed by atoms with Crippen molar-refractivity contribution in [3.63, 3.8) is 0 Å². The minimum Gasteiger partial charge on any atom is -0.494 e. The monoisotopic (exact) mass is 585 g/mol. The maximum Gasteiger partial charge on any atom is 0.250 e. The molecule has 9 heteroatoms. The number of aliphatic hydroxyl groups excluding tert-OH is 1. The van der Waals surface area contributed by atoms with Crippen LogP contribution in [-0.2, 0) is 19.1 Å². The Morgan fingerprint density at radius 3 is 2.42 bits per heavy atom. The van der Waals surface area contributed by atoms with Crippen LogP contribution in [0.2, 0.25) is 0 Å². The van der Waals surface area contributed by atoms with Crippen molar-refractivity contribution in [2.24, 2.45) is 17.8 Å². The van der Waals surface area contributed by atoms with Gasteiger partial charge in [0.25, 0.3) is 0 Å². The third-order valence-electron chi connectivity index (χ3n) is 9.09. The summed E-state index contributed by atoms with van der Waals surface area (Å²) in [6.07, 6.45) is 1.07. The fourth-order valence-corrected chi connectivity index (χ4v) is 7.41. The zero-order valence-electron chi connectivity index (χ0n) is 24.8. The van der Waals surface area contributed by atoms with E-state index in [2.05, 4.69) is 10.6 Å². The molecule has 6 rings (SSSR count). The third kappa shape index (κ3) is 5.14. The quantitative estimate of drug-likeness (QED) is 0.320. The molecule has 2 bridgehead atoms. The summed E-state index contributed by atoms with van der Waals surface area (Å²) < 4.78 is 12.1. The van der Waals surface area contributed by atoms with Crippen molar-refractivity contribution in [1.82, 2.24) is 4.90 Å². The van der Waals surface area contributed by atoms with Gasteiger partial charge in [-0.15, -0.1) is 0 Å². The van der Waals surface area contributed by atoms with Crippen LogP contribution in [0.1, 0.15) is 40.0 Å². The van der Waals surface area contributed by atoms with Gasteiger partial charge in [0.05, 0.1) is 37.2 Å². The van der Waals surface area contributed by atoms with Gasteiger partial charge in [-0.1, -0.05) is 44.2 Å². The molecule has 3 fully saturated rings. The molecule has 0 saturated carbocycles. The molecule has 0 radical (unpaired) electrons. The second-order valence-electron chi connectivity index (χ2n) is 12.3. The van der Waals surface area contributed by atoms with Gasteiger partial charge in [0.15, 0.2) is 0 Å². The summed E-state index contributed by atoms with van der Waals surface area (Å²) >= 11 is 0. The zero-order valence-corrected chi connectivity index (χ0v) is 24.8. The fourth-order valence-electron chi connectivity index (χ4n) is 7.41. The smallest absolute Gasteiger partial charge is 0.250 e. The molecule has 3 amide bonds. The van der Waals surface area contributed by atoms with Crippen LogP contribution in [0.4, 0.5) is 11.4 Å². The summed E-state index contributed by atoms with van der Waals surface area (Å²) in [6, 6.07) is 19.1.